The molecule has 1 aromatic heterocycles. The molecule has 1 aromatic rings. The smallest absolute Gasteiger partial charge is 0.349 e. The van der Waals surface area contributed by atoms with Crippen molar-refractivity contribution >= 4 is 17.3 Å². The van der Waals surface area contributed by atoms with Crippen LogP contribution in [0.1, 0.15) is 21.7 Å². The zero-order valence-corrected chi connectivity index (χ0v) is 8.69. The topological polar surface area (TPSA) is 52.3 Å². The third kappa shape index (κ3) is 2.59. The molecule has 1 heterocycles. The molecule has 2 N–H and O–H groups in total. The molecule has 14 heavy (non-hydrogen) atoms. The van der Waals surface area contributed by atoms with Crippen molar-refractivity contribution in [1.29, 1.82) is 0 Å². The molecule has 0 fully saturated rings. The van der Waals surface area contributed by atoms with Gasteiger partial charge in [-0.15, -0.1) is 11.3 Å². The summed E-state index contributed by atoms with van der Waals surface area (Å²) >= 11 is 1.33. The monoisotopic (exact) mass is 209 g/mol. The largest absolute Gasteiger partial charge is 0.465 e. The summed E-state index contributed by atoms with van der Waals surface area (Å²) in [6.07, 6.45) is 0.635. The second kappa shape index (κ2) is 5.43. The quantitative estimate of drug-likeness (QED) is 0.589. The molecule has 4 heteroatoms. The molecule has 0 aliphatic carbocycles. The maximum absolute atomic E-state index is 11.2. The predicted molar refractivity (Wildman–Crippen MR) is 56.2 cm³/mol. The van der Waals surface area contributed by atoms with Crippen LogP contribution in [0.2, 0.25) is 0 Å². The summed E-state index contributed by atoms with van der Waals surface area (Å²) < 4.78 is 4.62. The number of hydrogen-bond acceptors (Lipinski definition) is 4. The molecule has 0 radical (unpaired) electrons. The van der Waals surface area contributed by atoms with Gasteiger partial charge >= 0.3 is 5.97 Å². The second-order valence-corrected chi connectivity index (χ2v) is 3.41. The molecule has 0 aromatic carbocycles. The van der Waals surface area contributed by atoms with Gasteiger partial charge in [-0.05, 0) is 11.4 Å². The highest BCUT2D eigenvalue weighted by Gasteiger charge is 2.11. The zero-order valence-electron chi connectivity index (χ0n) is 7.87. The lowest BCUT2D eigenvalue weighted by molar-refractivity contribution is 0.0606. The number of ether oxygens (including phenoxy) is 1. The van der Waals surface area contributed by atoms with Crippen LogP contribution in [0.3, 0.4) is 0 Å². The molecule has 0 unspecified atom stereocenters. The van der Waals surface area contributed by atoms with Gasteiger partial charge in [0.25, 0.3) is 0 Å². The number of carbonyl (C=O) groups excluding carboxylic acids is 1. The normalized spacial score (nSPS) is 9.00. The minimum Gasteiger partial charge on any atom is -0.465 e. The van der Waals surface area contributed by atoms with E-state index < -0.39 is 0 Å². The molecule has 0 aliphatic heterocycles. The number of methoxy groups -OCH3 is 1. The third-order valence-electron chi connectivity index (χ3n) is 1.53. The van der Waals surface area contributed by atoms with E-state index in [0.717, 1.165) is 5.56 Å². The highest BCUT2D eigenvalue weighted by atomic mass is 32.1. The number of rotatable bonds is 2. The van der Waals surface area contributed by atoms with E-state index in [1.807, 2.05) is 5.38 Å². The van der Waals surface area contributed by atoms with Crippen LogP contribution >= 0.6 is 11.3 Å². The number of thiophene rings is 1. The van der Waals surface area contributed by atoms with Crippen LogP contribution in [-0.4, -0.2) is 19.6 Å². The first-order valence-corrected chi connectivity index (χ1v) is 5.02. The number of nitrogens with two attached hydrogens (primary N) is 1. The lowest BCUT2D eigenvalue weighted by atomic mass is 10.2. The summed E-state index contributed by atoms with van der Waals surface area (Å²) in [5.41, 5.74) is 6.02. The fourth-order valence-corrected chi connectivity index (χ4v) is 1.65. The lowest BCUT2D eigenvalue weighted by Crippen LogP contribution is -2.00. The molecule has 0 saturated carbocycles. The van der Waals surface area contributed by atoms with E-state index in [9.17, 15) is 4.79 Å². The van der Waals surface area contributed by atoms with Gasteiger partial charge in [-0.2, -0.15) is 0 Å². The SMILES string of the molecule is COC(=O)c1sccc1C#CCCN. The van der Waals surface area contributed by atoms with Crippen LogP contribution in [0, 0.1) is 11.8 Å². The van der Waals surface area contributed by atoms with Gasteiger partial charge in [0, 0.05) is 18.5 Å². The zero-order chi connectivity index (χ0) is 10.4. The molecule has 0 saturated heterocycles. The van der Waals surface area contributed by atoms with Gasteiger partial charge in [-0.1, -0.05) is 11.8 Å². The Morgan fingerprint density at radius 2 is 2.50 bits per heavy atom. The lowest BCUT2D eigenvalue weighted by Gasteiger charge is -1.94. The van der Waals surface area contributed by atoms with Gasteiger partial charge in [0.1, 0.15) is 4.88 Å². The molecule has 0 spiro atoms. The number of esters is 1. The van der Waals surface area contributed by atoms with Gasteiger partial charge in [-0.3, -0.25) is 0 Å². The average Bonchev–Trinajstić information content (AvgIpc) is 2.65. The minimum absolute atomic E-state index is 0.336. The van der Waals surface area contributed by atoms with Gasteiger partial charge in [0.15, 0.2) is 0 Å². The van der Waals surface area contributed by atoms with Crippen molar-refractivity contribution in [1.82, 2.24) is 0 Å². The van der Waals surface area contributed by atoms with E-state index in [2.05, 4.69) is 16.6 Å². The Morgan fingerprint density at radius 3 is 3.14 bits per heavy atom. The Bertz CT molecular complexity index is 373. The molecule has 0 bridgehead atoms. The molecule has 0 atom stereocenters. The Kier molecular flexibility index (Phi) is 4.17. The summed E-state index contributed by atoms with van der Waals surface area (Å²) in [5.74, 6) is 5.43. The fraction of sp³-hybridized carbons (Fsp3) is 0.300. The van der Waals surface area contributed by atoms with E-state index in [4.69, 9.17) is 5.73 Å². The van der Waals surface area contributed by atoms with Crippen molar-refractivity contribution in [2.75, 3.05) is 13.7 Å². The molecule has 0 aliphatic rings. The van der Waals surface area contributed by atoms with E-state index >= 15 is 0 Å². The molecular formula is C10H11NO2S. The molecule has 1 rings (SSSR count). The van der Waals surface area contributed by atoms with Crippen LogP contribution in [0.25, 0.3) is 0 Å². The highest BCUT2D eigenvalue weighted by Crippen LogP contribution is 2.16. The van der Waals surface area contributed by atoms with Crippen LogP contribution in [0.4, 0.5) is 0 Å². The summed E-state index contributed by atoms with van der Waals surface area (Å²) in [5, 5.41) is 1.82. The van der Waals surface area contributed by atoms with Crippen molar-refractivity contribution in [3.8, 4) is 11.8 Å². The standard InChI is InChI=1S/C10H11NO2S/c1-13-10(12)9-8(5-7-14-9)4-2-3-6-11/h5,7H,3,6,11H2,1H3. The van der Waals surface area contributed by atoms with E-state index in [1.165, 1.54) is 18.4 Å². The summed E-state index contributed by atoms with van der Waals surface area (Å²) in [4.78, 5) is 11.8. The van der Waals surface area contributed by atoms with E-state index in [0.29, 0.717) is 17.8 Å². The van der Waals surface area contributed by atoms with E-state index in [1.54, 1.807) is 6.07 Å². The first-order chi connectivity index (χ1) is 6.79. The van der Waals surface area contributed by atoms with Crippen molar-refractivity contribution in [2.45, 2.75) is 6.42 Å². The maximum Gasteiger partial charge on any atom is 0.349 e. The summed E-state index contributed by atoms with van der Waals surface area (Å²) in [7, 11) is 1.36. The Balaban J connectivity index is 2.84. The molecular weight excluding hydrogens is 198 g/mol. The van der Waals surface area contributed by atoms with Crippen molar-refractivity contribution in [3.63, 3.8) is 0 Å². The number of carbonyl (C=O) groups is 1. The predicted octanol–water partition coefficient (Wildman–Crippen LogP) is 1.24. The van der Waals surface area contributed by atoms with Crippen LogP contribution in [-0.2, 0) is 4.74 Å². The van der Waals surface area contributed by atoms with Gasteiger partial charge in [0.05, 0.1) is 7.11 Å². The van der Waals surface area contributed by atoms with Crippen molar-refractivity contribution in [2.24, 2.45) is 5.73 Å². The van der Waals surface area contributed by atoms with Gasteiger partial charge in [-0.25, -0.2) is 4.79 Å². The van der Waals surface area contributed by atoms with Crippen LogP contribution in [0.5, 0.6) is 0 Å². The van der Waals surface area contributed by atoms with E-state index in [-0.39, 0.29) is 5.97 Å². The van der Waals surface area contributed by atoms with Gasteiger partial charge < -0.3 is 10.5 Å². The van der Waals surface area contributed by atoms with Crippen LogP contribution in [0.15, 0.2) is 11.4 Å². The molecule has 3 nitrogen and oxygen atoms in total. The molecule has 0 amide bonds. The minimum atomic E-state index is -0.336. The summed E-state index contributed by atoms with van der Waals surface area (Å²) in [6.45, 7) is 0.532. The highest BCUT2D eigenvalue weighted by molar-refractivity contribution is 7.12. The average molecular weight is 209 g/mol. The number of hydrogen-bond donors (Lipinski definition) is 1. The Labute approximate surface area is 86.9 Å². The third-order valence-corrected chi connectivity index (χ3v) is 2.42. The maximum atomic E-state index is 11.2. The first-order valence-electron chi connectivity index (χ1n) is 4.14. The molecule has 74 valence electrons. The Morgan fingerprint density at radius 1 is 1.71 bits per heavy atom. The second-order valence-electron chi connectivity index (χ2n) is 2.50. The Hall–Kier alpha value is -1.31. The van der Waals surface area contributed by atoms with Crippen LogP contribution < -0.4 is 5.73 Å². The van der Waals surface area contributed by atoms with Gasteiger partial charge in [0.2, 0.25) is 0 Å². The summed E-state index contributed by atoms with van der Waals surface area (Å²) in [6, 6.07) is 1.81. The van der Waals surface area contributed by atoms with Crippen molar-refractivity contribution in [3.05, 3.63) is 21.9 Å². The fourth-order valence-electron chi connectivity index (χ4n) is 0.888. The first kappa shape index (κ1) is 10.8. The van der Waals surface area contributed by atoms with Crippen molar-refractivity contribution < 1.29 is 9.53 Å².